The highest BCUT2D eigenvalue weighted by Crippen LogP contribution is 2.31. The first-order chi connectivity index (χ1) is 5.63. The number of rotatable bonds is 6. The summed E-state index contributed by atoms with van der Waals surface area (Å²) in [4.78, 5) is 11.0. The van der Waals surface area contributed by atoms with Gasteiger partial charge in [0.15, 0.2) is 0 Å². The smallest absolute Gasteiger partial charge is 0.309 e. The molecule has 0 radical (unpaired) electrons. The third-order valence-corrected chi connectivity index (χ3v) is 2.76. The lowest BCUT2D eigenvalue weighted by molar-refractivity contribution is -0.149. The first-order valence-corrected chi connectivity index (χ1v) is 5.34. The molecule has 0 aromatic heterocycles. The molecule has 0 fully saturated rings. The summed E-state index contributed by atoms with van der Waals surface area (Å²) in [6.45, 7) is 1.90. The fourth-order valence-electron chi connectivity index (χ4n) is 1.27. The molecule has 0 atom stereocenters. The van der Waals surface area contributed by atoms with Crippen molar-refractivity contribution in [3.63, 3.8) is 0 Å². The Labute approximate surface area is 84.6 Å². The van der Waals surface area contributed by atoms with Gasteiger partial charge >= 0.3 is 5.97 Å². The Hall–Kier alpha value is 0.170. The maximum atomic E-state index is 11.0. The van der Waals surface area contributed by atoms with Gasteiger partial charge < -0.3 is 5.11 Å². The molecule has 0 aliphatic heterocycles. The van der Waals surface area contributed by atoms with Crippen LogP contribution in [-0.2, 0) is 4.79 Å². The van der Waals surface area contributed by atoms with Gasteiger partial charge in [-0.25, -0.2) is 0 Å². The van der Waals surface area contributed by atoms with Crippen molar-refractivity contribution in [3.05, 3.63) is 0 Å². The predicted octanol–water partition coefficient (Wildman–Crippen LogP) is 2.11. The first-order valence-electron chi connectivity index (χ1n) is 4.08. The largest absolute Gasteiger partial charge is 0.481 e. The zero-order valence-corrected chi connectivity index (χ0v) is 9.07. The SMILES string of the molecule is CCC(CCS)(CCS)C(=O)O. The monoisotopic (exact) mass is 208 g/mol. The van der Waals surface area contributed by atoms with Crippen LogP contribution >= 0.6 is 25.3 Å². The van der Waals surface area contributed by atoms with Gasteiger partial charge in [-0.2, -0.15) is 25.3 Å². The average molecular weight is 208 g/mol. The van der Waals surface area contributed by atoms with E-state index in [2.05, 4.69) is 25.3 Å². The van der Waals surface area contributed by atoms with E-state index < -0.39 is 11.4 Å². The average Bonchev–Trinajstić information content (AvgIpc) is 2.03. The summed E-state index contributed by atoms with van der Waals surface area (Å²) >= 11 is 8.13. The number of thiol groups is 2. The lowest BCUT2D eigenvalue weighted by Crippen LogP contribution is -2.31. The molecule has 0 unspecified atom stereocenters. The molecule has 4 heteroatoms. The minimum atomic E-state index is -0.715. The number of carbonyl (C=O) groups is 1. The van der Waals surface area contributed by atoms with E-state index in [4.69, 9.17) is 5.11 Å². The van der Waals surface area contributed by atoms with Gasteiger partial charge in [0.25, 0.3) is 0 Å². The van der Waals surface area contributed by atoms with Crippen LogP contribution in [0.3, 0.4) is 0 Å². The molecule has 1 N–H and O–H groups in total. The van der Waals surface area contributed by atoms with E-state index in [1.54, 1.807) is 0 Å². The van der Waals surface area contributed by atoms with Gasteiger partial charge in [-0.3, -0.25) is 4.79 Å². The first kappa shape index (κ1) is 12.2. The van der Waals surface area contributed by atoms with Gasteiger partial charge in [0.05, 0.1) is 5.41 Å². The molecule has 12 heavy (non-hydrogen) atoms. The fraction of sp³-hybridized carbons (Fsp3) is 0.875. The van der Waals surface area contributed by atoms with Crippen molar-refractivity contribution in [1.29, 1.82) is 0 Å². The molecule has 2 nitrogen and oxygen atoms in total. The zero-order chi connectivity index (χ0) is 9.61. The molecule has 0 aromatic carbocycles. The topological polar surface area (TPSA) is 37.3 Å². The van der Waals surface area contributed by atoms with Gasteiger partial charge in [0, 0.05) is 0 Å². The van der Waals surface area contributed by atoms with E-state index in [-0.39, 0.29) is 0 Å². The summed E-state index contributed by atoms with van der Waals surface area (Å²) in [5, 5.41) is 9.02. The second-order valence-electron chi connectivity index (χ2n) is 2.89. The van der Waals surface area contributed by atoms with E-state index in [9.17, 15) is 4.79 Å². The Kier molecular flexibility index (Phi) is 5.84. The highest BCUT2D eigenvalue weighted by Gasteiger charge is 2.34. The van der Waals surface area contributed by atoms with Gasteiger partial charge in [-0.15, -0.1) is 0 Å². The number of hydrogen-bond acceptors (Lipinski definition) is 3. The molecule has 72 valence electrons. The van der Waals surface area contributed by atoms with Crippen molar-refractivity contribution in [3.8, 4) is 0 Å². The van der Waals surface area contributed by atoms with E-state index >= 15 is 0 Å². The molecule has 0 amide bonds. The third-order valence-electron chi connectivity index (χ3n) is 2.31. The molecule has 0 bridgehead atoms. The summed E-state index contributed by atoms with van der Waals surface area (Å²) in [5.41, 5.74) is -0.594. The van der Waals surface area contributed by atoms with Crippen LogP contribution in [0, 0.1) is 5.41 Å². The van der Waals surface area contributed by atoms with Gasteiger partial charge in [-0.05, 0) is 30.8 Å². The van der Waals surface area contributed by atoms with Crippen LogP contribution in [0.5, 0.6) is 0 Å². The molecule has 0 heterocycles. The van der Waals surface area contributed by atoms with Crippen LogP contribution < -0.4 is 0 Å². The highest BCUT2D eigenvalue weighted by molar-refractivity contribution is 7.80. The second-order valence-corrected chi connectivity index (χ2v) is 3.78. The van der Waals surface area contributed by atoms with E-state index in [0.29, 0.717) is 30.8 Å². The quantitative estimate of drug-likeness (QED) is 0.585. The summed E-state index contributed by atoms with van der Waals surface area (Å²) in [7, 11) is 0. The lowest BCUT2D eigenvalue weighted by Gasteiger charge is -2.26. The molecule has 0 spiro atoms. The highest BCUT2D eigenvalue weighted by atomic mass is 32.1. The lowest BCUT2D eigenvalue weighted by atomic mass is 9.80. The van der Waals surface area contributed by atoms with Crippen LogP contribution in [0.15, 0.2) is 0 Å². The van der Waals surface area contributed by atoms with Crippen LogP contribution in [-0.4, -0.2) is 22.6 Å². The minimum absolute atomic E-state index is 0.594. The molecular weight excluding hydrogens is 192 g/mol. The van der Waals surface area contributed by atoms with E-state index in [0.717, 1.165) is 0 Å². The van der Waals surface area contributed by atoms with E-state index in [1.807, 2.05) is 6.92 Å². The molecule has 0 saturated heterocycles. The van der Waals surface area contributed by atoms with Gasteiger partial charge in [0.2, 0.25) is 0 Å². The maximum Gasteiger partial charge on any atom is 0.309 e. The molecular formula is C8H16O2S2. The predicted molar refractivity (Wildman–Crippen MR) is 57.3 cm³/mol. The van der Waals surface area contributed by atoms with Crippen molar-refractivity contribution in [2.24, 2.45) is 5.41 Å². The number of aliphatic carboxylic acids is 1. The fourth-order valence-corrected chi connectivity index (χ4v) is 2.13. The van der Waals surface area contributed by atoms with Crippen molar-refractivity contribution >= 4 is 31.2 Å². The number of hydrogen-bond donors (Lipinski definition) is 3. The van der Waals surface area contributed by atoms with Crippen molar-refractivity contribution < 1.29 is 9.90 Å². The maximum absolute atomic E-state index is 11.0. The number of carboxylic acids is 1. The Bertz CT molecular complexity index is 142. The summed E-state index contributed by atoms with van der Waals surface area (Å²) in [6.07, 6.45) is 1.91. The van der Waals surface area contributed by atoms with Crippen LogP contribution in [0.2, 0.25) is 0 Å². The summed E-state index contributed by atoms with van der Waals surface area (Å²) < 4.78 is 0. The minimum Gasteiger partial charge on any atom is -0.481 e. The number of carboxylic acid groups (broad SMARTS) is 1. The van der Waals surface area contributed by atoms with Gasteiger partial charge in [-0.1, -0.05) is 6.92 Å². The molecule has 0 saturated carbocycles. The third kappa shape index (κ3) is 2.90. The molecule has 0 aromatic rings. The van der Waals surface area contributed by atoms with Crippen molar-refractivity contribution in [2.75, 3.05) is 11.5 Å². The zero-order valence-electron chi connectivity index (χ0n) is 7.29. The standard InChI is InChI=1S/C8H16O2S2/c1-2-8(3-5-11,4-6-12)7(9)10/h11-12H,2-6H2,1H3,(H,9,10). The van der Waals surface area contributed by atoms with Crippen molar-refractivity contribution in [2.45, 2.75) is 26.2 Å². The van der Waals surface area contributed by atoms with Crippen LogP contribution in [0.1, 0.15) is 26.2 Å². The summed E-state index contributed by atoms with van der Waals surface area (Å²) in [6, 6.07) is 0. The van der Waals surface area contributed by atoms with E-state index in [1.165, 1.54) is 0 Å². The Morgan fingerprint density at radius 2 is 1.75 bits per heavy atom. The van der Waals surface area contributed by atoms with Crippen LogP contribution in [0.4, 0.5) is 0 Å². The Morgan fingerprint density at radius 3 is 1.92 bits per heavy atom. The molecule has 0 rings (SSSR count). The summed E-state index contributed by atoms with van der Waals surface area (Å²) in [5.74, 6) is 0.523. The van der Waals surface area contributed by atoms with Gasteiger partial charge in [0.1, 0.15) is 0 Å². The second kappa shape index (κ2) is 5.75. The van der Waals surface area contributed by atoms with Crippen LogP contribution in [0.25, 0.3) is 0 Å². The normalized spacial score (nSPS) is 11.6. The Morgan fingerprint density at radius 1 is 1.33 bits per heavy atom. The Balaban J connectivity index is 4.39. The van der Waals surface area contributed by atoms with Crippen molar-refractivity contribution in [1.82, 2.24) is 0 Å². The molecule has 0 aliphatic rings. The molecule has 0 aliphatic carbocycles.